The smallest absolute Gasteiger partial charge is 0.287 e. The molecule has 0 bridgehead atoms. The van der Waals surface area contributed by atoms with Crippen LogP contribution >= 0.6 is 0 Å². The van der Waals surface area contributed by atoms with E-state index in [2.05, 4.69) is 10.2 Å². The molecule has 1 N–H and O–H groups in total. The molecule has 3 heterocycles. The third-order valence-corrected chi connectivity index (χ3v) is 5.26. The van der Waals surface area contributed by atoms with Crippen molar-refractivity contribution in [2.45, 2.75) is 37.5 Å². The maximum Gasteiger partial charge on any atom is 0.287 e. The summed E-state index contributed by atoms with van der Waals surface area (Å²) in [6.45, 7) is 3.06. The average molecular weight is 358 g/mol. The summed E-state index contributed by atoms with van der Waals surface area (Å²) in [4.78, 5) is 14.5. The van der Waals surface area contributed by atoms with Crippen molar-refractivity contribution < 1.29 is 18.3 Å². The van der Waals surface area contributed by atoms with Gasteiger partial charge in [-0.3, -0.25) is 9.69 Å². The predicted molar refractivity (Wildman–Crippen MR) is 94.2 cm³/mol. The first-order valence-electron chi connectivity index (χ1n) is 9.07. The van der Waals surface area contributed by atoms with Crippen LogP contribution in [0.4, 0.5) is 4.39 Å². The van der Waals surface area contributed by atoms with Crippen molar-refractivity contribution in [3.63, 3.8) is 0 Å². The Kier molecular flexibility index (Phi) is 4.78. The lowest BCUT2D eigenvalue weighted by atomic mass is 9.89. The Hall–Kier alpha value is -2.18. The van der Waals surface area contributed by atoms with Crippen LogP contribution in [0, 0.1) is 5.82 Å². The van der Waals surface area contributed by atoms with Crippen LogP contribution in [0.3, 0.4) is 0 Å². The molecule has 1 spiro atoms. The summed E-state index contributed by atoms with van der Waals surface area (Å²) in [6.07, 6.45) is 4.02. The van der Waals surface area contributed by atoms with Gasteiger partial charge in [0.15, 0.2) is 5.76 Å². The lowest BCUT2D eigenvalue weighted by molar-refractivity contribution is -0.0793. The second-order valence-electron chi connectivity index (χ2n) is 7.26. The highest BCUT2D eigenvalue weighted by atomic mass is 19.1. The molecule has 5 nitrogen and oxygen atoms in total. The summed E-state index contributed by atoms with van der Waals surface area (Å²) in [5.41, 5.74) is 0.743. The molecule has 138 valence electrons. The fourth-order valence-electron chi connectivity index (χ4n) is 4.06. The van der Waals surface area contributed by atoms with Gasteiger partial charge in [0, 0.05) is 32.3 Å². The molecule has 0 aliphatic carbocycles. The Morgan fingerprint density at radius 3 is 3.08 bits per heavy atom. The topological polar surface area (TPSA) is 54.7 Å². The van der Waals surface area contributed by atoms with Crippen molar-refractivity contribution in [1.29, 1.82) is 0 Å². The Morgan fingerprint density at radius 1 is 1.35 bits per heavy atom. The van der Waals surface area contributed by atoms with E-state index in [1.54, 1.807) is 24.3 Å². The third-order valence-electron chi connectivity index (χ3n) is 5.26. The molecular weight excluding hydrogens is 335 g/mol. The van der Waals surface area contributed by atoms with Crippen LogP contribution in [0.5, 0.6) is 0 Å². The molecule has 26 heavy (non-hydrogen) atoms. The largest absolute Gasteiger partial charge is 0.459 e. The summed E-state index contributed by atoms with van der Waals surface area (Å²) in [5.74, 6) is -0.0395. The van der Waals surface area contributed by atoms with E-state index in [0.29, 0.717) is 18.9 Å². The molecule has 2 saturated heterocycles. The number of nitrogens with zero attached hydrogens (tertiary/aromatic N) is 1. The number of amides is 1. The van der Waals surface area contributed by atoms with Gasteiger partial charge in [-0.1, -0.05) is 12.1 Å². The lowest BCUT2D eigenvalue weighted by Crippen LogP contribution is -2.49. The van der Waals surface area contributed by atoms with Gasteiger partial charge in [-0.2, -0.15) is 0 Å². The fraction of sp³-hybridized carbons (Fsp3) is 0.450. The number of hydrogen-bond donors (Lipinski definition) is 1. The Bertz CT molecular complexity index is 764. The van der Waals surface area contributed by atoms with E-state index >= 15 is 0 Å². The average Bonchev–Trinajstić information content (AvgIpc) is 3.26. The highest BCUT2D eigenvalue weighted by molar-refractivity contribution is 5.91. The molecule has 0 unspecified atom stereocenters. The quantitative estimate of drug-likeness (QED) is 0.913. The zero-order chi connectivity index (χ0) is 18.0. The van der Waals surface area contributed by atoms with E-state index in [9.17, 15) is 9.18 Å². The van der Waals surface area contributed by atoms with Crippen LogP contribution in [0.1, 0.15) is 35.4 Å². The van der Waals surface area contributed by atoms with Gasteiger partial charge in [-0.05, 0) is 49.1 Å². The van der Waals surface area contributed by atoms with Crippen molar-refractivity contribution in [2.24, 2.45) is 0 Å². The molecule has 2 fully saturated rings. The predicted octanol–water partition coefficient (Wildman–Crippen LogP) is 2.97. The first kappa shape index (κ1) is 17.2. The van der Waals surface area contributed by atoms with Gasteiger partial charge < -0.3 is 14.5 Å². The van der Waals surface area contributed by atoms with Crippen LogP contribution in [-0.2, 0) is 11.3 Å². The van der Waals surface area contributed by atoms with Crippen molar-refractivity contribution in [3.8, 4) is 0 Å². The monoisotopic (exact) mass is 358 g/mol. The Balaban J connectivity index is 1.35. The third kappa shape index (κ3) is 3.81. The number of furan rings is 1. The molecule has 6 heteroatoms. The standard InChI is InChI=1S/C20H23FN2O3/c21-16-4-1-3-15(11-16)13-23-8-7-20(14-23)12-17(6-10-26-20)22-19(24)18-5-2-9-25-18/h1-5,9,11,17H,6-8,10,12-14H2,(H,22,24)/t17-,20-/m0/s1. The molecule has 4 rings (SSSR count). The number of ether oxygens (including phenoxy) is 1. The fourth-order valence-corrected chi connectivity index (χ4v) is 4.06. The number of hydrogen-bond acceptors (Lipinski definition) is 4. The zero-order valence-corrected chi connectivity index (χ0v) is 14.6. The van der Waals surface area contributed by atoms with Gasteiger partial charge in [-0.25, -0.2) is 4.39 Å². The number of carbonyl (C=O) groups is 1. The van der Waals surface area contributed by atoms with Crippen LogP contribution in [-0.4, -0.2) is 42.1 Å². The molecule has 2 aromatic rings. The molecule has 0 radical (unpaired) electrons. The van der Waals surface area contributed by atoms with E-state index in [4.69, 9.17) is 9.15 Å². The van der Waals surface area contributed by atoms with Gasteiger partial charge >= 0.3 is 0 Å². The van der Waals surface area contributed by atoms with Crippen LogP contribution in [0.15, 0.2) is 47.1 Å². The first-order valence-corrected chi connectivity index (χ1v) is 9.07. The highest BCUT2D eigenvalue weighted by Crippen LogP contribution is 2.35. The van der Waals surface area contributed by atoms with E-state index in [1.165, 1.54) is 12.3 Å². The molecule has 1 aromatic heterocycles. The zero-order valence-electron chi connectivity index (χ0n) is 14.6. The second kappa shape index (κ2) is 7.21. The second-order valence-corrected chi connectivity index (χ2v) is 7.26. The Labute approximate surface area is 152 Å². The molecule has 2 aliphatic rings. The minimum absolute atomic E-state index is 0.0791. The summed E-state index contributed by atoms with van der Waals surface area (Å²) in [7, 11) is 0. The van der Waals surface area contributed by atoms with Crippen LogP contribution in [0.25, 0.3) is 0 Å². The van der Waals surface area contributed by atoms with Crippen LogP contribution in [0.2, 0.25) is 0 Å². The van der Waals surface area contributed by atoms with Gasteiger partial charge in [0.05, 0.1) is 11.9 Å². The number of nitrogens with one attached hydrogen (secondary N) is 1. The molecule has 1 aromatic carbocycles. The molecule has 2 atom stereocenters. The van der Waals surface area contributed by atoms with Crippen molar-refractivity contribution >= 4 is 5.91 Å². The Morgan fingerprint density at radius 2 is 2.27 bits per heavy atom. The van der Waals surface area contributed by atoms with E-state index in [0.717, 1.165) is 37.9 Å². The van der Waals surface area contributed by atoms with E-state index in [-0.39, 0.29) is 23.4 Å². The number of rotatable bonds is 4. The van der Waals surface area contributed by atoms with E-state index < -0.39 is 0 Å². The SMILES string of the molecule is O=C(N[C@H]1CCO[C@@]2(CCN(Cc3cccc(F)c3)C2)C1)c1ccco1. The molecule has 0 saturated carbocycles. The van der Waals surface area contributed by atoms with Crippen LogP contribution < -0.4 is 5.32 Å². The molecule has 1 amide bonds. The first-order chi connectivity index (χ1) is 12.6. The normalized spacial score (nSPS) is 26.3. The number of likely N-dealkylation sites (tertiary alicyclic amines) is 1. The maximum atomic E-state index is 13.4. The summed E-state index contributed by atoms with van der Waals surface area (Å²) in [5, 5.41) is 3.06. The minimum atomic E-state index is -0.229. The maximum absolute atomic E-state index is 13.4. The molecule has 2 aliphatic heterocycles. The summed E-state index contributed by atoms with van der Waals surface area (Å²) in [6, 6.07) is 10.2. The van der Waals surface area contributed by atoms with Crippen molar-refractivity contribution in [3.05, 3.63) is 59.8 Å². The highest BCUT2D eigenvalue weighted by Gasteiger charge is 2.43. The lowest BCUT2D eigenvalue weighted by Gasteiger charge is -2.38. The minimum Gasteiger partial charge on any atom is -0.459 e. The summed E-state index contributed by atoms with van der Waals surface area (Å²) >= 11 is 0. The number of carbonyl (C=O) groups excluding carboxylic acids is 1. The van der Waals surface area contributed by atoms with Gasteiger partial charge in [0.25, 0.3) is 5.91 Å². The van der Waals surface area contributed by atoms with Gasteiger partial charge in [0.2, 0.25) is 0 Å². The van der Waals surface area contributed by atoms with E-state index in [1.807, 2.05) is 6.07 Å². The number of halogens is 1. The number of benzene rings is 1. The van der Waals surface area contributed by atoms with Gasteiger partial charge in [-0.15, -0.1) is 0 Å². The van der Waals surface area contributed by atoms with Crippen molar-refractivity contribution in [2.75, 3.05) is 19.7 Å². The van der Waals surface area contributed by atoms with Crippen molar-refractivity contribution in [1.82, 2.24) is 10.2 Å². The van der Waals surface area contributed by atoms with Gasteiger partial charge in [0.1, 0.15) is 5.82 Å². The summed E-state index contributed by atoms with van der Waals surface area (Å²) < 4.78 is 24.7. The molecular formula is C20H23FN2O3.